The van der Waals surface area contributed by atoms with Gasteiger partial charge in [-0.05, 0) is 19.3 Å². The number of amides is 1. The Kier molecular flexibility index (Phi) is 4.18. The SMILES string of the molecule is CCCNC(=O)CNC1CC(O)C1. The van der Waals surface area contributed by atoms with Crippen molar-refractivity contribution in [1.29, 1.82) is 0 Å². The minimum Gasteiger partial charge on any atom is -0.393 e. The molecule has 1 rings (SSSR count). The number of hydrogen-bond donors (Lipinski definition) is 3. The Morgan fingerprint density at radius 2 is 2.23 bits per heavy atom. The Labute approximate surface area is 78.7 Å². The van der Waals surface area contributed by atoms with Crippen molar-refractivity contribution in [1.82, 2.24) is 10.6 Å². The summed E-state index contributed by atoms with van der Waals surface area (Å²) >= 11 is 0. The molecule has 1 aliphatic carbocycles. The summed E-state index contributed by atoms with van der Waals surface area (Å²) in [7, 11) is 0. The number of carbonyl (C=O) groups excluding carboxylic acids is 1. The minimum atomic E-state index is -0.156. The highest BCUT2D eigenvalue weighted by Gasteiger charge is 2.26. The van der Waals surface area contributed by atoms with Crippen molar-refractivity contribution in [2.24, 2.45) is 0 Å². The topological polar surface area (TPSA) is 61.4 Å². The molecule has 0 heterocycles. The van der Waals surface area contributed by atoms with E-state index in [0.717, 1.165) is 25.8 Å². The van der Waals surface area contributed by atoms with E-state index in [9.17, 15) is 4.79 Å². The van der Waals surface area contributed by atoms with Crippen molar-refractivity contribution in [2.45, 2.75) is 38.3 Å². The summed E-state index contributed by atoms with van der Waals surface area (Å²) in [5.41, 5.74) is 0. The molecule has 76 valence electrons. The quantitative estimate of drug-likeness (QED) is 0.549. The van der Waals surface area contributed by atoms with Crippen molar-refractivity contribution < 1.29 is 9.90 Å². The van der Waals surface area contributed by atoms with Crippen LogP contribution in [0.4, 0.5) is 0 Å². The Bertz CT molecular complexity index is 167. The maximum absolute atomic E-state index is 11.1. The Morgan fingerprint density at radius 3 is 2.77 bits per heavy atom. The van der Waals surface area contributed by atoms with Gasteiger partial charge >= 0.3 is 0 Å². The number of aliphatic hydroxyl groups excluding tert-OH is 1. The van der Waals surface area contributed by atoms with E-state index in [-0.39, 0.29) is 12.0 Å². The first-order chi connectivity index (χ1) is 6.22. The molecule has 0 saturated heterocycles. The van der Waals surface area contributed by atoms with E-state index in [2.05, 4.69) is 10.6 Å². The summed E-state index contributed by atoms with van der Waals surface area (Å²) in [6.07, 6.45) is 2.37. The number of nitrogens with one attached hydrogen (secondary N) is 2. The van der Waals surface area contributed by atoms with Crippen LogP contribution in [0.25, 0.3) is 0 Å². The predicted molar refractivity (Wildman–Crippen MR) is 50.3 cm³/mol. The molecule has 0 bridgehead atoms. The molecule has 4 nitrogen and oxygen atoms in total. The molecule has 0 aromatic rings. The van der Waals surface area contributed by atoms with Crippen LogP contribution < -0.4 is 10.6 Å². The molecule has 3 N–H and O–H groups in total. The minimum absolute atomic E-state index is 0.0447. The highest BCUT2D eigenvalue weighted by atomic mass is 16.3. The predicted octanol–water partition coefficient (Wildman–Crippen LogP) is -0.374. The van der Waals surface area contributed by atoms with Gasteiger partial charge in [0.2, 0.25) is 5.91 Å². The van der Waals surface area contributed by atoms with Crippen molar-refractivity contribution >= 4 is 5.91 Å². The molecule has 0 radical (unpaired) electrons. The lowest BCUT2D eigenvalue weighted by Crippen LogP contribution is -2.47. The van der Waals surface area contributed by atoms with Gasteiger partial charge in [-0.3, -0.25) is 4.79 Å². The van der Waals surface area contributed by atoms with Crippen LogP contribution in [0.15, 0.2) is 0 Å². The van der Waals surface area contributed by atoms with Crippen molar-refractivity contribution in [3.8, 4) is 0 Å². The molecule has 1 amide bonds. The molecule has 0 unspecified atom stereocenters. The van der Waals surface area contributed by atoms with Crippen LogP contribution in [-0.2, 0) is 4.79 Å². The van der Waals surface area contributed by atoms with E-state index in [1.807, 2.05) is 6.92 Å². The van der Waals surface area contributed by atoms with E-state index in [0.29, 0.717) is 12.6 Å². The van der Waals surface area contributed by atoms with Crippen LogP contribution in [0.2, 0.25) is 0 Å². The van der Waals surface area contributed by atoms with Gasteiger partial charge in [0.1, 0.15) is 0 Å². The van der Waals surface area contributed by atoms with Gasteiger partial charge in [0, 0.05) is 12.6 Å². The molecule has 1 aliphatic rings. The van der Waals surface area contributed by atoms with Crippen LogP contribution in [0, 0.1) is 0 Å². The molecule has 13 heavy (non-hydrogen) atoms. The maximum Gasteiger partial charge on any atom is 0.233 e. The van der Waals surface area contributed by atoms with Gasteiger partial charge in [-0.15, -0.1) is 0 Å². The van der Waals surface area contributed by atoms with Gasteiger partial charge in [0.05, 0.1) is 12.6 Å². The third kappa shape index (κ3) is 3.74. The highest BCUT2D eigenvalue weighted by Crippen LogP contribution is 2.18. The Balaban J connectivity index is 1.96. The van der Waals surface area contributed by atoms with Gasteiger partial charge in [-0.2, -0.15) is 0 Å². The summed E-state index contributed by atoms with van der Waals surface area (Å²) in [4.78, 5) is 11.1. The Hall–Kier alpha value is -0.610. The first-order valence-corrected chi connectivity index (χ1v) is 4.90. The second kappa shape index (κ2) is 5.19. The van der Waals surface area contributed by atoms with Crippen LogP contribution in [-0.4, -0.2) is 36.2 Å². The number of carbonyl (C=O) groups is 1. The fraction of sp³-hybridized carbons (Fsp3) is 0.889. The lowest BCUT2D eigenvalue weighted by Gasteiger charge is -2.31. The van der Waals surface area contributed by atoms with Gasteiger partial charge in [0.15, 0.2) is 0 Å². The average molecular weight is 186 g/mol. The second-order valence-corrected chi connectivity index (χ2v) is 3.55. The largest absolute Gasteiger partial charge is 0.393 e. The first kappa shape index (κ1) is 10.5. The fourth-order valence-corrected chi connectivity index (χ4v) is 1.32. The summed E-state index contributed by atoms with van der Waals surface area (Å²) < 4.78 is 0. The van der Waals surface area contributed by atoms with E-state index in [1.54, 1.807) is 0 Å². The van der Waals surface area contributed by atoms with E-state index >= 15 is 0 Å². The zero-order valence-corrected chi connectivity index (χ0v) is 8.05. The summed E-state index contributed by atoms with van der Waals surface area (Å²) in [6.45, 7) is 3.14. The maximum atomic E-state index is 11.1. The molecule has 0 aliphatic heterocycles. The van der Waals surface area contributed by atoms with E-state index in [4.69, 9.17) is 5.11 Å². The number of hydrogen-bond acceptors (Lipinski definition) is 3. The van der Waals surface area contributed by atoms with Crippen molar-refractivity contribution in [3.63, 3.8) is 0 Å². The molecule has 0 spiro atoms. The lowest BCUT2D eigenvalue weighted by atomic mass is 9.89. The normalized spacial score (nSPS) is 26.6. The molecular weight excluding hydrogens is 168 g/mol. The first-order valence-electron chi connectivity index (χ1n) is 4.90. The van der Waals surface area contributed by atoms with E-state index < -0.39 is 0 Å². The van der Waals surface area contributed by atoms with Crippen LogP contribution >= 0.6 is 0 Å². The third-order valence-electron chi connectivity index (χ3n) is 2.24. The van der Waals surface area contributed by atoms with Crippen molar-refractivity contribution in [2.75, 3.05) is 13.1 Å². The Morgan fingerprint density at radius 1 is 1.54 bits per heavy atom. The van der Waals surface area contributed by atoms with Gasteiger partial charge in [-0.1, -0.05) is 6.92 Å². The average Bonchev–Trinajstić information content (AvgIpc) is 2.07. The molecule has 1 saturated carbocycles. The smallest absolute Gasteiger partial charge is 0.233 e. The van der Waals surface area contributed by atoms with Crippen LogP contribution in [0.1, 0.15) is 26.2 Å². The van der Waals surface area contributed by atoms with Gasteiger partial charge in [0.25, 0.3) is 0 Å². The molecular formula is C9H18N2O2. The zero-order chi connectivity index (χ0) is 9.68. The summed E-state index contributed by atoms with van der Waals surface area (Å²) in [6, 6.07) is 0.336. The van der Waals surface area contributed by atoms with Crippen LogP contribution in [0.3, 0.4) is 0 Å². The molecule has 0 aromatic heterocycles. The van der Waals surface area contributed by atoms with Crippen molar-refractivity contribution in [3.05, 3.63) is 0 Å². The molecule has 0 aromatic carbocycles. The molecule has 0 atom stereocenters. The van der Waals surface area contributed by atoms with Gasteiger partial charge < -0.3 is 15.7 Å². The number of aliphatic hydroxyl groups is 1. The summed E-state index contributed by atoms with van der Waals surface area (Å²) in [5, 5.41) is 14.9. The summed E-state index contributed by atoms with van der Waals surface area (Å²) in [5.74, 6) is 0.0447. The van der Waals surface area contributed by atoms with Crippen LogP contribution in [0.5, 0.6) is 0 Å². The fourth-order valence-electron chi connectivity index (χ4n) is 1.32. The van der Waals surface area contributed by atoms with E-state index in [1.165, 1.54) is 0 Å². The number of rotatable bonds is 5. The highest BCUT2D eigenvalue weighted by molar-refractivity contribution is 5.77. The molecule has 1 fully saturated rings. The third-order valence-corrected chi connectivity index (χ3v) is 2.24. The molecule has 4 heteroatoms. The van der Waals surface area contributed by atoms with Gasteiger partial charge in [-0.25, -0.2) is 0 Å². The standard InChI is InChI=1S/C9H18N2O2/c1-2-3-10-9(13)6-11-7-4-8(12)5-7/h7-8,11-12H,2-6H2,1H3,(H,10,13). The second-order valence-electron chi connectivity index (χ2n) is 3.55. The monoisotopic (exact) mass is 186 g/mol. The lowest BCUT2D eigenvalue weighted by molar-refractivity contribution is -0.120. The zero-order valence-electron chi connectivity index (χ0n) is 8.05.